The van der Waals surface area contributed by atoms with Crippen LogP contribution >= 0.6 is 0 Å². The molecule has 150 valence electrons. The molecule has 1 aliphatic heterocycles. The summed E-state index contributed by atoms with van der Waals surface area (Å²) in [6.07, 6.45) is -1.43. The van der Waals surface area contributed by atoms with Crippen molar-refractivity contribution < 1.29 is 28.6 Å². The van der Waals surface area contributed by atoms with Gasteiger partial charge in [-0.05, 0) is 62.3 Å². The molecule has 0 N–H and O–H groups in total. The molecule has 8 nitrogen and oxygen atoms in total. The summed E-state index contributed by atoms with van der Waals surface area (Å²) in [5.41, 5.74) is -2.13. The molecule has 1 fully saturated rings. The molecule has 0 spiro atoms. The van der Waals surface area contributed by atoms with E-state index in [0.717, 1.165) is 10.0 Å². The fraction of sp³-hybridized carbons (Fsp3) is 0.833. The van der Waals surface area contributed by atoms with Crippen molar-refractivity contribution in [2.24, 2.45) is 5.92 Å². The predicted octanol–water partition coefficient (Wildman–Crippen LogP) is 3.35. The molecular weight excluding hydrogens is 340 g/mol. The Morgan fingerprint density at radius 1 is 0.654 bits per heavy atom. The summed E-state index contributed by atoms with van der Waals surface area (Å²) in [5.74, 6) is -1.15. The molecule has 0 aromatic heterocycles. The first-order chi connectivity index (χ1) is 11.5. The van der Waals surface area contributed by atoms with E-state index < -0.39 is 40.9 Å². The lowest BCUT2D eigenvalue weighted by atomic mass is 10.1. The van der Waals surface area contributed by atoms with Gasteiger partial charge in [-0.3, -0.25) is 4.79 Å². The minimum atomic E-state index is -0.735. The molecule has 0 saturated carbocycles. The molecule has 2 amide bonds. The molecule has 0 radical (unpaired) electrons. The average molecular weight is 372 g/mol. The third kappa shape index (κ3) is 7.09. The zero-order valence-electron chi connectivity index (χ0n) is 17.3. The maximum atomic E-state index is 12.5. The number of carbonyl (C=O) groups excluding carboxylic acids is 3. The topological polar surface area (TPSA) is 85.4 Å². The van der Waals surface area contributed by atoms with Crippen molar-refractivity contribution in [2.45, 2.75) is 79.1 Å². The van der Waals surface area contributed by atoms with Gasteiger partial charge >= 0.3 is 18.2 Å². The van der Waals surface area contributed by atoms with Crippen LogP contribution in [0.4, 0.5) is 9.59 Å². The van der Waals surface area contributed by atoms with Gasteiger partial charge in [-0.2, -0.15) is 0 Å². The lowest BCUT2D eigenvalue weighted by molar-refractivity contribution is -0.159. The molecule has 0 bridgehead atoms. The third-order valence-electron chi connectivity index (χ3n) is 3.03. The smallest absolute Gasteiger partial charge is 0.429 e. The number of hydrazine groups is 1. The number of amides is 2. The van der Waals surface area contributed by atoms with E-state index in [2.05, 4.69) is 0 Å². The second kappa shape index (κ2) is 7.32. The Bertz CT molecular complexity index is 517. The van der Waals surface area contributed by atoms with Gasteiger partial charge in [0.15, 0.2) is 0 Å². The van der Waals surface area contributed by atoms with E-state index in [0.29, 0.717) is 0 Å². The highest BCUT2D eigenvalue weighted by molar-refractivity contribution is 5.80. The van der Waals surface area contributed by atoms with Gasteiger partial charge < -0.3 is 14.2 Å². The van der Waals surface area contributed by atoms with Crippen molar-refractivity contribution in [1.82, 2.24) is 10.0 Å². The first-order valence-corrected chi connectivity index (χ1v) is 8.72. The molecule has 1 rings (SSSR count). The van der Waals surface area contributed by atoms with Crippen molar-refractivity contribution in [2.75, 3.05) is 13.1 Å². The average Bonchev–Trinajstić information content (AvgIpc) is 2.77. The Balaban J connectivity index is 2.99. The normalized spacial score (nSPS) is 16.5. The summed E-state index contributed by atoms with van der Waals surface area (Å²) >= 11 is 0. The van der Waals surface area contributed by atoms with Crippen LogP contribution in [0, 0.1) is 5.92 Å². The van der Waals surface area contributed by atoms with Gasteiger partial charge in [-0.25, -0.2) is 19.6 Å². The summed E-state index contributed by atoms with van der Waals surface area (Å²) in [6, 6.07) is 0. The van der Waals surface area contributed by atoms with Gasteiger partial charge in [0.2, 0.25) is 0 Å². The van der Waals surface area contributed by atoms with Gasteiger partial charge in [0, 0.05) is 0 Å². The third-order valence-corrected chi connectivity index (χ3v) is 3.03. The van der Waals surface area contributed by atoms with E-state index in [1.165, 1.54) is 0 Å². The highest BCUT2D eigenvalue weighted by atomic mass is 16.6. The lowest BCUT2D eigenvalue weighted by Crippen LogP contribution is -2.48. The van der Waals surface area contributed by atoms with Crippen LogP contribution in [-0.2, 0) is 19.0 Å². The van der Waals surface area contributed by atoms with E-state index >= 15 is 0 Å². The first-order valence-electron chi connectivity index (χ1n) is 8.72. The minimum absolute atomic E-state index is 0.0108. The Hall–Kier alpha value is -1.99. The fourth-order valence-corrected chi connectivity index (χ4v) is 2.18. The molecular formula is C18H32N2O6. The molecule has 1 heterocycles. The van der Waals surface area contributed by atoms with E-state index in [4.69, 9.17) is 14.2 Å². The number of rotatable bonds is 1. The maximum absolute atomic E-state index is 12.5. The minimum Gasteiger partial charge on any atom is -0.460 e. The molecule has 26 heavy (non-hydrogen) atoms. The molecule has 0 aromatic carbocycles. The van der Waals surface area contributed by atoms with Crippen LogP contribution in [0.1, 0.15) is 62.3 Å². The fourth-order valence-electron chi connectivity index (χ4n) is 2.18. The number of hydrogen-bond acceptors (Lipinski definition) is 6. The summed E-state index contributed by atoms with van der Waals surface area (Å²) in [4.78, 5) is 37.4. The molecule has 8 heteroatoms. The van der Waals surface area contributed by atoms with Gasteiger partial charge in [-0.15, -0.1) is 0 Å². The van der Waals surface area contributed by atoms with Crippen LogP contribution in [0.15, 0.2) is 0 Å². The quantitative estimate of drug-likeness (QED) is 0.518. The van der Waals surface area contributed by atoms with Crippen molar-refractivity contribution in [3.63, 3.8) is 0 Å². The second-order valence-electron chi connectivity index (χ2n) is 9.36. The molecule has 0 aliphatic carbocycles. The molecule has 1 aliphatic rings. The van der Waals surface area contributed by atoms with Gasteiger partial charge in [0.1, 0.15) is 16.8 Å². The first kappa shape index (κ1) is 22.1. The zero-order valence-corrected chi connectivity index (χ0v) is 17.3. The standard InChI is InChI=1S/C18H32N2O6/c1-16(2,3)24-13(21)12-10-19(14(22)25-17(4,5)6)20(11-12)15(23)26-18(7,8)9/h12H,10-11H2,1-9H3. The van der Waals surface area contributed by atoms with Crippen LogP contribution in [-0.4, -0.2) is 58.1 Å². The van der Waals surface area contributed by atoms with E-state index in [1.807, 2.05) is 0 Å². The predicted molar refractivity (Wildman–Crippen MR) is 95.2 cm³/mol. The lowest BCUT2D eigenvalue weighted by Gasteiger charge is -2.31. The van der Waals surface area contributed by atoms with Gasteiger partial charge in [0.25, 0.3) is 0 Å². The monoisotopic (exact) mass is 372 g/mol. The molecule has 0 aromatic rings. The SMILES string of the molecule is CC(C)(C)OC(=O)C1CN(C(=O)OC(C)(C)C)N(C(=O)OC(C)(C)C)C1. The van der Waals surface area contributed by atoms with Crippen LogP contribution in [0.5, 0.6) is 0 Å². The Morgan fingerprint density at radius 3 is 1.23 bits per heavy atom. The van der Waals surface area contributed by atoms with Crippen LogP contribution in [0.25, 0.3) is 0 Å². The Kier molecular flexibility index (Phi) is 6.21. The van der Waals surface area contributed by atoms with Crippen LogP contribution in [0.2, 0.25) is 0 Å². The van der Waals surface area contributed by atoms with E-state index in [-0.39, 0.29) is 13.1 Å². The number of hydrogen-bond donors (Lipinski definition) is 0. The van der Waals surface area contributed by atoms with Gasteiger partial charge in [-0.1, -0.05) is 0 Å². The largest absolute Gasteiger partial charge is 0.460 e. The molecule has 0 unspecified atom stereocenters. The van der Waals surface area contributed by atoms with E-state index in [9.17, 15) is 14.4 Å². The summed E-state index contributed by atoms with van der Waals surface area (Å²) in [7, 11) is 0. The van der Waals surface area contributed by atoms with E-state index in [1.54, 1.807) is 62.3 Å². The summed E-state index contributed by atoms with van der Waals surface area (Å²) in [5, 5.41) is 2.21. The number of ether oxygens (including phenoxy) is 3. The van der Waals surface area contributed by atoms with Crippen molar-refractivity contribution in [3.8, 4) is 0 Å². The van der Waals surface area contributed by atoms with Crippen molar-refractivity contribution in [1.29, 1.82) is 0 Å². The van der Waals surface area contributed by atoms with Gasteiger partial charge in [0.05, 0.1) is 19.0 Å². The summed E-state index contributed by atoms with van der Waals surface area (Å²) < 4.78 is 16.1. The van der Waals surface area contributed by atoms with Crippen LogP contribution in [0.3, 0.4) is 0 Å². The highest BCUT2D eigenvalue weighted by Gasteiger charge is 2.44. The second-order valence-corrected chi connectivity index (χ2v) is 9.36. The highest BCUT2D eigenvalue weighted by Crippen LogP contribution is 2.25. The van der Waals surface area contributed by atoms with Crippen molar-refractivity contribution in [3.05, 3.63) is 0 Å². The van der Waals surface area contributed by atoms with Crippen molar-refractivity contribution >= 4 is 18.2 Å². The number of esters is 1. The Morgan fingerprint density at radius 2 is 0.962 bits per heavy atom. The molecule has 1 saturated heterocycles. The maximum Gasteiger partial charge on any atom is 0.429 e. The Labute approximate surface area is 155 Å². The van der Waals surface area contributed by atoms with Crippen LogP contribution < -0.4 is 0 Å². The number of carbonyl (C=O) groups is 3. The number of nitrogens with zero attached hydrogens (tertiary/aromatic N) is 2. The molecule has 0 atom stereocenters. The zero-order chi connectivity index (χ0) is 20.5. The summed E-state index contributed by atoms with van der Waals surface area (Å²) in [6.45, 7) is 15.6.